The number of benzene rings is 1. The fraction of sp³-hybridized carbons (Fsp3) is 0.217. The van der Waals surface area contributed by atoms with E-state index in [1.54, 1.807) is 30.7 Å². The quantitative estimate of drug-likeness (QED) is 0.447. The van der Waals surface area contributed by atoms with E-state index in [4.69, 9.17) is 22.3 Å². The Bertz CT molecular complexity index is 1470. The van der Waals surface area contributed by atoms with Gasteiger partial charge in [0.2, 0.25) is 5.91 Å². The Hall–Kier alpha value is -4.12. The van der Waals surface area contributed by atoms with Crippen LogP contribution in [0.2, 0.25) is 5.02 Å². The third kappa shape index (κ3) is 3.55. The van der Waals surface area contributed by atoms with Gasteiger partial charge in [-0.1, -0.05) is 11.6 Å². The highest BCUT2D eigenvalue weighted by Crippen LogP contribution is 2.44. The lowest BCUT2D eigenvalue weighted by atomic mass is 9.92. The zero-order valence-electron chi connectivity index (χ0n) is 18.3. The number of H-pyrrole nitrogens is 1. The molecule has 3 N–H and O–H groups in total. The molecule has 1 aromatic carbocycles. The van der Waals surface area contributed by atoms with E-state index in [0.717, 1.165) is 18.4 Å². The highest BCUT2D eigenvalue weighted by molar-refractivity contribution is 6.31. The Morgan fingerprint density at radius 1 is 1.23 bits per heavy atom. The number of nitrogens with one attached hydrogen (secondary N) is 1. The van der Waals surface area contributed by atoms with Gasteiger partial charge < -0.3 is 15.6 Å². The van der Waals surface area contributed by atoms with Crippen molar-refractivity contribution in [3.63, 3.8) is 0 Å². The van der Waals surface area contributed by atoms with Crippen LogP contribution >= 0.6 is 11.6 Å². The van der Waals surface area contributed by atoms with Gasteiger partial charge in [-0.25, -0.2) is 9.37 Å². The van der Waals surface area contributed by atoms with E-state index >= 15 is 4.39 Å². The van der Waals surface area contributed by atoms with Crippen LogP contribution in [0.4, 0.5) is 10.1 Å². The molecule has 6 rings (SSSR count). The van der Waals surface area contributed by atoms with Gasteiger partial charge in [-0.2, -0.15) is 4.68 Å². The summed E-state index contributed by atoms with van der Waals surface area (Å²) < 4.78 is 16.6. The molecule has 3 aromatic heterocycles. The second kappa shape index (κ2) is 8.27. The molecule has 2 atom stereocenters. The molecule has 10 nitrogen and oxygen atoms in total. The normalized spacial score (nSPS) is 19.7. The predicted molar refractivity (Wildman–Crippen MR) is 126 cm³/mol. The van der Waals surface area contributed by atoms with Crippen molar-refractivity contribution in [1.29, 1.82) is 0 Å². The van der Waals surface area contributed by atoms with E-state index in [1.165, 1.54) is 23.2 Å². The zero-order chi connectivity index (χ0) is 24.1. The molecule has 0 aliphatic carbocycles. The number of rotatable bonds is 4. The minimum atomic E-state index is -0.605. The van der Waals surface area contributed by atoms with Gasteiger partial charge in [-0.05, 0) is 53.5 Å². The van der Waals surface area contributed by atoms with Crippen LogP contribution in [0.15, 0.2) is 49.2 Å². The number of carbonyl (C=O) groups excluding carboxylic acids is 1. The summed E-state index contributed by atoms with van der Waals surface area (Å²) in [6.07, 6.45) is 9.85. The van der Waals surface area contributed by atoms with Crippen molar-refractivity contribution in [2.24, 2.45) is 0 Å². The lowest BCUT2D eigenvalue weighted by molar-refractivity contribution is -0.129. The number of hydrogen-bond donors (Lipinski definition) is 2. The number of halogens is 2. The number of nitrogens with zero attached hydrogens (tertiary/aromatic N) is 7. The maximum Gasteiger partial charge on any atom is 0.247 e. The first kappa shape index (κ1) is 21.4. The average Bonchev–Trinajstić information content (AvgIpc) is 3.61. The van der Waals surface area contributed by atoms with E-state index in [0.29, 0.717) is 34.9 Å². The molecule has 0 unspecified atom stereocenters. The van der Waals surface area contributed by atoms with Crippen LogP contribution in [-0.2, 0) is 4.79 Å². The monoisotopic (exact) mass is 491 g/mol. The molecule has 5 heterocycles. The van der Waals surface area contributed by atoms with Crippen LogP contribution in [0.5, 0.6) is 0 Å². The topological polar surface area (TPSA) is 132 Å². The summed E-state index contributed by atoms with van der Waals surface area (Å²) in [5.41, 5.74) is 9.24. The summed E-state index contributed by atoms with van der Waals surface area (Å²) in [6, 6.07) is 4.48. The van der Waals surface area contributed by atoms with Gasteiger partial charge in [0.1, 0.15) is 12.2 Å². The molecule has 35 heavy (non-hydrogen) atoms. The number of carbonyl (C=O) groups is 1. The van der Waals surface area contributed by atoms with Gasteiger partial charge in [-0.15, -0.1) is 5.10 Å². The van der Waals surface area contributed by atoms with E-state index in [9.17, 15) is 4.79 Å². The average molecular weight is 492 g/mol. The number of aromatic nitrogens is 7. The predicted octanol–water partition coefficient (Wildman–Crippen LogP) is 3.34. The third-order valence-electron chi connectivity index (χ3n) is 6.54. The maximum atomic E-state index is 15.2. The highest BCUT2D eigenvalue weighted by atomic mass is 35.5. The minimum Gasteiger partial charge on any atom is -0.398 e. The van der Waals surface area contributed by atoms with Gasteiger partial charge in [0.05, 0.1) is 22.4 Å². The van der Waals surface area contributed by atoms with Crippen LogP contribution in [-0.4, -0.2) is 52.0 Å². The fourth-order valence-electron chi connectivity index (χ4n) is 4.97. The number of anilines is 1. The number of tetrazole rings is 1. The highest BCUT2D eigenvalue weighted by Gasteiger charge is 2.42. The smallest absolute Gasteiger partial charge is 0.247 e. The number of nitrogens with two attached hydrogens (primary N) is 1. The Labute approximate surface area is 203 Å². The summed E-state index contributed by atoms with van der Waals surface area (Å²) >= 11 is 6.10. The zero-order valence-corrected chi connectivity index (χ0v) is 19.0. The SMILES string of the molecule is Nc1ccncc1-c1c[nH]c([C@@H]2CC[C@H]3CC(c4c(-n5cnnn5)ccc(Cl)c4F)=CC(=O)N32)n1. The van der Waals surface area contributed by atoms with Crippen molar-refractivity contribution in [2.45, 2.75) is 31.3 Å². The van der Waals surface area contributed by atoms with Crippen molar-refractivity contribution in [1.82, 2.24) is 40.1 Å². The number of amides is 1. The van der Waals surface area contributed by atoms with Crippen LogP contribution in [0, 0.1) is 5.82 Å². The summed E-state index contributed by atoms with van der Waals surface area (Å²) in [4.78, 5) is 27.2. The first-order chi connectivity index (χ1) is 17.0. The Morgan fingerprint density at radius 3 is 2.91 bits per heavy atom. The van der Waals surface area contributed by atoms with Crippen molar-refractivity contribution >= 4 is 28.8 Å². The summed E-state index contributed by atoms with van der Waals surface area (Å²) in [6.45, 7) is 0. The second-order valence-corrected chi connectivity index (χ2v) is 8.92. The molecule has 12 heteroatoms. The molecule has 1 fully saturated rings. The van der Waals surface area contributed by atoms with Gasteiger partial charge in [-0.3, -0.25) is 9.78 Å². The van der Waals surface area contributed by atoms with Crippen molar-refractivity contribution < 1.29 is 9.18 Å². The Kier molecular flexibility index (Phi) is 5.06. The fourth-order valence-corrected chi connectivity index (χ4v) is 5.13. The van der Waals surface area contributed by atoms with Crippen molar-refractivity contribution in [2.75, 3.05) is 5.73 Å². The molecule has 0 bridgehead atoms. The van der Waals surface area contributed by atoms with Crippen LogP contribution in [0.25, 0.3) is 22.5 Å². The molecule has 1 saturated heterocycles. The molecule has 2 aliphatic heterocycles. The number of hydrogen-bond acceptors (Lipinski definition) is 7. The van der Waals surface area contributed by atoms with E-state index in [2.05, 4.69) is 25.5 Å². The third-order valence-corrected chi connectivity index (χ3v) is 6.84. The molecule has 0 saturated carbocycles. The number of nitrogen functional groups attached to an aromatic ring is 1. The molecule has 1 amide bonds. The molecule has 2 aliphatic rings. The van der Waals surface area contributed by atoms with Gasteiger partial charge in [0.25, 0.3) is 0 Å². The number of imidazole rings is 1. The van der Waals surface area contributed by atoms with E-state index in [1.807, 2.05) is 4.90 Å². The van der Waals surface area contributed by atoms with Crippen molar-refractivity contribution in [3.05, 3.63) is 71.4 Å². The lowest BCUT2D eigenvalue weighted by Crippen LogP contribution is -2.39. The van der Waals surface area contributed by atoms with E-state index in [-0.39, 0.29) is 28.6 Å². The van der Waals surface area contributed by atoms with E-state index < -0.39 is 5.82 Å². The number of aromatic amines is 1. The van der Waals surface area contributed by atoms with Crippen molar-refractivity contribution in [3.8, 4) is 16.9 Å². The summed E-state index contributed by atoms with van der Waals surface area (Å²) in [5.74, 6) is -0.134. The maximum absolute atomic E-state index is 15.2. The molecule has 176 valence electrons. The molecule has 0 spiro atoms. The lowest BCUT2D eigenvalue weighted by Gasteiger charge is -2.33. The molecule has 0 radical (unpaired) electrons. The summed E-state index contributed by atoms with van der Waals surface area (Å²) in [5, 5.41) is 11.1. The van der Waals surface area contributed by atoms with Gasteiger partial charge >= 0.3 is 0 Å². The summed E-state index contributed by atoms with van der Waals surface area (Å²) in [7, 11) is 0. The van der Waals surface area contributed by atoms with Gasteiger partial charge in [0, 0.05) is 47.5 Å². The second-order valence-electron chi connectivity index (χ2n) is 8.51. The first-order valence-electron chi connectivity index (χ1n) is 11.0. The molecule has 4 aromatic rings. The Balaban J connectivity index is 1.34. The standard InChI is InChI=1S/C23H19ClFN9O/c24-15-2-4-18(33-11-29-31-32-33)21(22(15)25)12-7-13-1-3-19(34(13)20(35)8-12)23-28-10-17(30-23)14-9-27-6-5-16(14)26/h2,4-6,8-11,13,19H,1,3,7H2,(H2,26,27)(H,28,30)/t13-,19-/m0/s1. The molecular formula is C23H19ClFN9O. The minimum absolute atomic E-state index is 0.0327. The van der Waals surface area contributed by atoms with Crippen LogP contribution < -0.4 is 5.73 Å². The molecular weight excluding hydrogens is 473 g/mol. The largest absolute Gasteiger partial charge is 0.398 e. The van der Waals surface area contributed by atoms with Gasteiger partial charge in [0.15, 0.2) is 5.82 Å². The van der Waals surface area contributed by atoms with Crippen LogP contribution in [0.3, 0.4) is 0 Å². The number of pyridine rings is 1. The number of fused-ring (bicyclic) bond motifs is 1. The van der Waals surface area contributed by atoms with Crippen LogP contribution in [0.1, 0.15) is 36.7 Å². The first-order valence-corrected chi connectivity index (χ1v) is 11.4. The Morgan fingerprint density at radius 2 is 2.11 bits per heavy atom.